The maximum atomic E-state index is 11.4. The lowest BCUT2D eigenvalue weighted by Gasteiger charge is -2.60. The second-order valence-corrected chi connectivity index (χ2v) is 21.3. The Morgan fingerprint density at radius 3 is 2.08 bits per heavy atom. The number of fused-ring (bicyclic) bond motifs is 7. The minimum Gasteiger partial charge on any atom is -0.394 e. The number of hydrogen-bond acceptors (Lipinski definition) is 19. The highest BCUT2D eigenvalue weighted by Gasteiger charge is 2.69. The smallest absolute Gasteiger partial charge is 0.187 e. The van der Waals surface area contributed by atoms with Crippen molar-refractivity contribution in [2.45, 2.75) is 202 Å². The first-order chi connectivity index (χ1) is 30.7. The quantitative estimate of drug-likeness (QED) is 0.0967. The lowest BCUT2D eigenvalue weighted by atomic mass is 9.46. The average Bonchev–Trinajstić information content (AvgIpc) is 3.74. The van der Waals surface area contributed by atoms with Crippen LogP contribution in [-0.4, -0.2) is 199 Å². The van der Waals surface area contributed by atoms with Crippen molar-refractivity contribution in [2.24, 2.45) is 46.3 Å². The highest BCUT2D eigenvalue weighted by atomic mass is 16.8. The Hall–Kier alpha value is -1.02. The van der Waals surface area contributed by atoms with Gasteiger partial charge in [-0.2, -0.15) is 0 Å². The number of aliphatic hydroxyl groups excluding tert-OH is 11. The van der Waals surface area contributed by atoms with Crippen molar-refractivity contribution >= 4 is 0 Å². The van der Waals surface area contributed by atoms with E-state index >= 15 is 0 Å². The molecule has 19 heteroatoms. The summed E-state index contributed by atoms with van der Waals surface area (Å²) in [6, 6.07) is 0. The van der Waals surface area contributed by atoms with Gasteiger partial charge in [-0.15, -0.1) is 0 Å². The largest absolute Gasteiger partial charge is 0.394 e. The van der Waals surface area contributed by atoms with Gasteiger partial charge in [0.2, 0.25) is 0 Å². The molecular weight excluding hydrogens is 856 g/mol. The van der Waals surface area contributed by atoms with Crippen LogP contribution < -0.4 is 0 Å². The van der Waals surface area contributed by atoms with Crippen molar-refractivity contribution in [3.63, 3.8) is 0 Å². The molecule has 8 aliphatic rings. The minimum atomic E-state index is -1.70. The molecule has 1 unspecified atom stereocenters. The van der Waals surface area contributed by atoms with Crippen molar-refractivity contribution in [3.05, 3.63) is 11.6 Å². The molecule has 0 aromatic heterocycles. The van der Waals surface area contributed by atoms with Crippen LogP contribution in [-0.2, 0) is 37.9 Å². The number of ether oxygens (including phenoxy) is 8. The predicted octanol–water partition coefficient (Wildman–Crippen LogP) is -1.21. The van der Waals surface area contributed by atoms with Crippen LogP contribution in [0.2, 0.25) is 0 Å². The summed E-state index contributed by atoms with van der Waals surface area (Å²) in [5, 5.41) is 116. The molecule has 19 nitrogen and oxygen atoms in total. The summed E-state index contributed by atoms with van der Waals surface area (Å²) < 4.78 is 49.5. The summed E-state index contributed by atoms with van der Waals surface area (Å²) in [5.41, 5.74) is 0.421. The van der Waals surface area contributed by atoms with E-state index in [1.807, 2.05) is 6.92 Å². The topological polar surface area (TPSA) is 296 Å². The van der Waals surface area contributed by atoms with E-state index in [1.54, 1.807) is 7.11 Å². The molecule has 0 bridgehead atoms. The van der Waals surface area contributed by atoms with Crippen LogP contribution in [0.25, 0.3) is 0 Å². The van der Waals surface area contributed by atoms with E-state index in [0.29, 0.717) is 25.2 Å². The van der Waals surface area contributed by atoms with Crippen LogP contribution in [0.1, 0.15) is 86.0 Å². The van der Waals surface area contributed by atoms with Crippen molar-refractivity contribution < 1.29 is 94.1 Å². The fraction of sp³-hybridized carbons (Fsp3) is 0.957. The number of allylic oxidation sites excluding steroid dienone is 1. The van der Waals surface area contributed by atoms with E-state index in [2.05, 4.69) is 26.8 Å². The van der Waals surface area contributed by atoms with Crippen LogP contribution in [0.3, 0.4) is 0 Å². The van der Waals surface area contributed by atoms with E-state index in [1.165, 1.54) is 6.92 Å². The van der Waals surface area contributed by atoms with Gasteiger partial charge in [-0.25, -0.2) is 0 Å². The summed E-state index contributed by atoms with van der Waals surface area (Å²) in [7, 11) is 1.70. The van der Waals surface area contributed by atoms with Gasteiger partial charge in [0, 0.05) is 31.3 Å². The zero-order valence-corrected chi connectivity index (χ0v) is 38.4. The molecule has 4 aliphatic heterocycles. The molecule has 7 fully saturated rings. The van der Waals surface area contributed by atoms with Gasteiger partial charge in [0.05, 0.1) is 44.2 Å². The molecule has 0 aromatic carbocycles. The molecule has 4 heterocycles. The molecule has 65 heavy (non-hydrogen) atoms. The molecule has 11 N–H and O–H groups in total. The summed E-state index contributed by atoms with van der Waals surface area (Å²) in [5.74, 6) is 0.0981. The Labute approximate surface area is 380 Å². The normalized spacial score (nSPS) is 54.8. The van der Waals surface area contributed by atoms with Gasteiger partial charge < -0.3 is 94.1 Å². The molecule has 0 aromatic rings. The van der Waals surface area contributed by atoms with Gasteiger partial charge in [-0.05, 0) is 80.5 Å². The maximum Gasteiger partial charge on any atom is 0.187 e. The third kappa shape index (κ3) is 8.60. The highest BCUT2D eigenvalue weighted by molar-refractivity contribution is 5.29. The Morgan fingerprint density at radius 2 is 1.40 bits per heavy atom. The Morgan fingerprint density at radius 1 is 0.754 bits per heavy atom. The number of rotatable bonds is 13. The second kappa shape index (κ2) is 19.3. The predicted molar refractivity (Wildman–Crippen MR) is 224 cm³/mol. The molecular formula is C46H76O19. The lowest BCUT2D eigenvalue weighted by molar-refractivity contribution is -0.374. The molecule has 3 saturated carbocycles. The van der Waals surface area contributed by atoms with Gasteiger partial charge in [-0.1, -0.05) is 39.3 Å². The Balaban J connectivity index is 0.963. The molecule has 0 radical (unpaired) electrons. The SMILES string of the molecule is CO[C@]1(CC[C@@H](C)CO[C@@H]2O[C@H](CO)[C@@H](O)[C@H](O)[C@H]2O)OC2C[C@H]3[C@@H]4CC=C5C[C@@H](O)C[C@@H](O[C@@H]6O[C@H](CO)[C@@H](O)[C@H](O)[C@H]6O[C@@H]6O[C@@H](C)[C@H](O)[C@@H](O)[C@H]6O)[C@]5(C)[C@H]4CC[C@]3(C)[C@H]2[C@@H]1C. The van der Waals surface area contributed by atoms with Gasteiger partial charge >= 0.3 is 0 Å². The van der Waals surface area contributed by atoms with Crippen LogP contribution in [0.4, 0.5) is 0 Å². The third-order valence-electron chi connectivity index (χ3n) is 17.8. The minimum absolute atomic E-state index is 0.0148. The Kier molecular flexibility index (Phi) is 15.0. The highest BCUT2D eigenvalue weighted by Crippen LogP contribution is 2.70. The zero-order chi connectivity index (χ0) is 47.1. The number of hydrogen-bond donors (Lipinski definition) is 11. The van der Waals surface area contributed by atoms with Crippen molar-refractivity contribution in [1.29, 1.82) is 0 Å². The van der Waals surface area contributed by atoms with Gasteiger partial charge in [-0.3, -0.25) is 0 Å². The van der Waals surface area contributed by atoms with E-state index in [9.17, 15) is 56.2 Å². The molecule has 27 atom stereocenters. The van der Waals surface area contributed by atoms with E-state index < -0.39 is 129 Å². The van der Waals surface area contributed by atoms with Crippen LogP contribution >= 0.6 is 0 Å². The molecule has 374 valence electrons. The van der Waals surface area contributed by atoms with E-state index in [4.69, 9.17) is 37.9 Å². The van der Waals surface area contributed by atoms with E-state index in [-0.39, 0.29) is 54.1 Å². The summed E-state index contributed by atoms with van der Waals surface area (Å²) in [6.45, 7) is 9.34. The first kappa shape index (κ1) is 50.4. The average molecular weight is 933 g/mol. The van der Waals surface area contributed by atoms with Crippen molar-refractivity contribution in [2.75, 3.05) is 26.9 Å². The van der Waals surface area contributed by atoms with Gasteiger partial charge in [0.1, 0.15) is 67.1 Å². The van der Waals surface area contributed by atoms with Gasteiger partial charge in [0.25, 0.3) is 0 Å². The number of aliphatic hydroxyl groups is 11. The number of methoxy groups -OCH3 is 1. The van der Waals surface area contributed by atoms with Crippen LogP contribution in [0.5, 0.6) is 0 Å². The van der Waals surface area contributed by atoms with Crippen molar-refractivity contribution in [3.8, 4) is 0 Å². The lowest BCUT2D eigenvalue weighted by Crippen LogP contribution is -2.65. The molecule has 4 aliphatic carbocycles. The van der Waals surface area contributed by atoms with E-state index in [0.717, 1.165) is 31.3 Å². The first-order valence-corrected chi connectivity index (χ1v) is 23.9. The zero-order valence-electron chi connectivity index (χ0n) is 38.4. The summed E-state index contributed by atoms with van der Waals surface area (Å²) >= 11 is 0. The standard InChI is InChI=1S/C46H76O19/c1-19(18-59-41-38(56)36(54)33(51)28(16-47)61-41)9-12-46(58-6)20(2)31-27(65-46)15-26-24-8-7-22-13-23(49)14-30(45(22,5)25(24)10-11-44(26,31)4)63-43-40(37(55)34(52)29(17-48)62-43)64-42-39(57)35(53)32(50)21(3)60-42/h7,19-21,23-43,47-57H,8-18H2,1-6H3/t19-,20+,21+,23-,24-,25+,26+,27?,28-,29-,30-,31+,32+,33-,34-,35-,36+,37+,38-,39-,40-,41-,42+,43+,44+,45+,46-/m1/s1. The molecule has 8 rings (SSSR count). The molecule has 4 saturated heterocycles. The monoisotopic (exact) mass is 932 g/mol. The maximum absolute atomic E-state index is 11.4. The molecule has 0 spiro atoms. The molecule has 0 amide bonds. The van der Waals surface area contributed by atoms with Crippen LogP contribution in [0, 0.1) is 46.3 Å². The van der Waals surface area contributed by atoms with Crippen molar-refractivity contribution in [1.82, 2.24) is 0 Å². The Bertz CT molecular complexity index is 1660. The fourth-order valence-corrected chi connectivity index (χ4v) is 13.9. The summed E-state index contributed by atoms with van der Waals surface area (Å²) in [4.78, 5) is 0. The first-order valence-electron chi connectivity index (χ1n) is 23.9. The fourth-order valence-electron chi connectivity index (χ4n) is 13.9. The summed E-state index contributed by atoms with van der Waals surface area (Å²) in [6.07, 6.45) is -15.0. The third-order valence-corrected chi connectivity index (χ3v) is 17.8. The van der Waals surface area contributed by atoms with Crippen LogP contribution in [0.15, 0.2) is 11.6 Å². The second-order valence-electron chi connectivity index (χ2n) is 21.3. The van der Waals surface area contributed by atoms with Gasteiger partial charge in [0.15, 0.2) is 24.7 Å².